The summed E-state index contributed by atoms with van der Waals surface area (Å²) in [5.74, 6) is 0.953. The highest BCUT2D eigenvalue weighted by Gasteiger charge is 2.20. The van der Waals surface area contributed by atoms with Crippen molar-refractivity contribution in [1.82, 2.24) is 10.3 Å². The Kier molecular flexibility index (Phi) is 3.97. The van der Waals surface area contributed by atoms with E-state index < -0.39 is 0 Å². The normalized spacial score (nSPS) is 17.6. The van der Waals surface area contributed by atoms with Crippen molar-refractivity contribution in [3.8, 4) is 5.75 Å². The molecular formula is C17H20N2O. The first kappa shape index (κ1) is 13.1. The van der Waals surface area contributed by atoms with Gasteiger partial charge in [-0.05, 0) is 54.7 Å². The molecule has 1 aromatic carbocycles. The highest BCUT2D eigenvalue weighted by Crippen LogP contribution is 2.32. The molecule has 20 heavy (non-hydrogen) atoms. The highest BCUT2D eigenvalue weighted by atomic mass is 16.5. The average Bonchev–Trinajstić information content (AvgIpc) is 2.53. The Bertz CT molecular complexity index is 568. The number of aryl methyl sites for hydroxylation is 1. The third kappa shape index (κ3) is 2.83. The maximum Gasteiger partial charge on any atom is 0.119 e. The summed E-state index contributed by atoms with van der Waals surface area (Å²) in [6.07, 6.45) is 5.40. The van der Waals surface area contributed by atoms with Gasteiger partial charge in [0, 0.05) is 18.8 Å². The zero-order valence-electron chi connectivity index (χ0n) is 11.8. The standard InChI is InChI=1S/C17H20N2O/c1-20-15-8-9-16-13(11-15)5-4-7-17(16)19-12-14-6-2-3-10-18-14/h2-3,6,8-11,17,19H,4-5,7,12H2,1H3. The Morgan fingerprint density at radius 1 is 1.30 bits per heavy atom. The van der Waals surface area contributed by atoms with Crippen molar-refractivity contribution >= 4 is 0 Å². The molecule has 2 aromatic rings. The second-order valence-corrected chi connectivity index (χ2v) is 5.21. The Hall–Kier alpha value is -1.87. The molecule has 0 saturated carbocycles. The van der Waals surface area contributed by atoms with Gasteiger partial charge in [-0.25, -0.2) is 0 Å². The van der Waals surface area contributed by atoms with E-state index in [1.165, 1.54) is 24.0 Å². The van der Waals surface area contributed by atoms with Gasteiger partial charge in [0.1, 0.15) is 5.75 Å². The van der Waals surface area contributed by atoms with Gasteiger partial charge in [0.15, 0.2) is 0 Å². The molecule has 3 heteroatoms. The number of pyridine rings is 1. The molecule has 1 heterocycles. The lowest BCUT2D eigenvalue weighted by Gasteiger charge is -2.26. The maximum atomic E-state index is 5.31. The molecule has 0 aliphatic heterocycles. The van der Waals surface area contributed by atoms with E-state index in [0.717, 1.165) is 24.4 Å². The lowest BCUT2D eigenvalue weighted by Crippen LogP contribution is -2.25. The van der Waals surface area contributed by atoms with Gasteiger partial charge in [0.25, 0.3) is 0 Å². The van der Waals surface area contributed by atoms with Crippen LogP contribution in [0.2, 0.25) is 0 Å². The summed E-state index contributed by atoms with van der Waals surface area (Å²) >= 11 is 0. The fraction of sp³-hybridized carbons (Fsp3) is 0.353. The molecule has 1 aromatic heterocycles. The van der Waals surface area contributed by atoms with Crippen LogP contribution in [0.5, 0.6) is 5.75 Å². The molecule has 1 aliphatic carbocycles. The zero-order chi connectivity index (χ0) is 13.8. The molecule has 1 atom stereocenters. The van der Waals surface area contributed by atoms with E-state index in [1.54, 1.807) is 7.11 Å². The van der Waals surface area contributed by atoms with Crippen molar-refractivity contribution in [2.24, 2.45) is 0 Å². The first-order valence-corrected chi connectivity index (χ1v) is 7.17. The number of benzene rings is 1. The Labute approximate surface area is 120 Å². The predicted octanol–water partition coefficient (Wildman–Crippen LogP) is 3.26. The number of nitrogens with zero attached hydrogens (tertiary/aromatic N) is 1. The number of aromatic nitrogens is 1. The molecule has 0 saturated heterocycles. The van der Waals surface area contributed by atoms with Crippen LogP contribution in [-0.4, -0.2) is 12.1 Å². The molecule has 0 bridgehead atoms. The molecule has 3 nitrogen and oxygen atoms in total. The van der Waals surface area contributed by atoms with Crippen LogP contribution in [0.15, 0.2) is 42.6 Å². The first-order valence-electron chi connectivity index (χ1n) is 7.17. The van der Waals surface area contributed by atoms with Gasteiger partial charge in [0.2, 0.25) is 0 Å². The van der Waals surface area contributed by atoms with Crippen LogP contribution in [0, 0.1) is 0 Å². The smallest absolute Gasteiger partial charge is 0.119 e. The van der Waals surface area contributed by atoms with Crippen LogP contribution in [0.3, 0.4) is 0 Å². The summed E-state index contributed by atoms with van der Waals surface area (Å²) in [5, 5.41) is 3.63. The summed E-state index contributed by atoms with van der Waals surface area (Å²) in [5.41, 5.74) is 3.91. The quantitative estimate of drug-likeness (QED) is 0.924. The van der Waals surface area contributed by atoms with Gasteiger partial charge in [-0.15, -0.1) is 0 Å². The molecule has 0 spiro atoms. The van der Waals surface area contributed by atoms with Crippen LogP contribution in [-0.2, 0) is 13.0 Å². The number of nitrogens with one attached hydrogen (secondary N) is 1. The first-order chi connectivity index (χ1) is 9.86. The van der Waals surface area contributed by atoms with Gasteiger partial charge in [-0.2, -0.15) is 0 Å². The van der Waals surface area contributed by atoms with Crippen LogP contribution in [0.1, 0.15) is 35.7 Å². The van der Waals surface area contributed by atoms with Gasteiger partial charge in [-0.1, -0.05) is 12.1 Å². The van der Waals surface area contributed by atoms with Crippen LogP contribution in [0.25, 0.3) is 0 Å². The monoisotopic (exact) mass is 268 g/mol. The summed E-state index contributed by atoms with van der Waals surface area (Å²) in [6, 6.07) is 12.9. The van der Waals surface area contributed by atoms with Crippen LogP contribution < -0.4 is 10.1 Å². The van der Waals surface area contributed by atoms with E-state index >= 15 is 0 Å². The van der Waals surface area contributed by atoms with Gasteiger partial charge in [-0.3, -0.25) is 4.98 Å². The van der Waals surface area contributed by atoms with Crippen molar-refractivity contribution in [2.75, 3.05) is 7.11 Å². The minimum absolute atomic E-state index is 0.423. The molecule has 3 rings (SSSR count). The number of hydrogen-bond donors (Lipinski definition) is 1. The second-order valence-electron chi connectivity index (χ2n) is 5.21. The van der Waals surface area contributed by atoms with Gasteiger partial charge >= 0.3 is 0 Å². The van der Waals surface area contributed by atoms with E-state index in [-0.39, 0.29) is 0 Å². The third-order valence-corrected chi connectivity index (χ3v) is 3.92. The van der Waals surface area contributed by atoms with Crippen molar-refractivity contribution in [3.63, 3.8) is 0 Å². The van der Waals surface area contributed by atoms with Crippen molar-refractivity contribution in [1.29, 1.82) is 0 Å². The number of hydrogen-bond acceptors (Lipinski definition) is 3. The van der Waals surface area contributed by atoms with E-state index in [9.17, 15) is 0 Å². The third-order valence-electron chi connectivity index (χ3n) is 3.92. The topological polar surface area (TPSA) is 34.1 Å². The van der Waals surface area contributed by atoms with Crippen LogP contribution in [0.4, 0.5) is 0 Å². The fourth-order valence-electron chi connectivity index (χ4n) is 2.86. The molecule has 0 fully saturated rings. The average molecular weight is 268 g/mol. The summed E-state index contributed by atoms with van der Waals surface area (Å²) in [7, 11) is 1.72. The second kappa shape index (κ2) is 6.06. The predicted molar refractivity (Wildman–Crippen MR) is 79.7 cm³/mol. The van der Waals surface area contributed by atoms with Crippen molar-refractivity contribution < 1.29 is 4.74 Å². The minimum Gasteiger partial charge on any atom is -0.497 e. The zero-order valence-corrected chi connectivity index (χ0v) is 11.8. The Morgan fingerprint density at radius 3 is 3.05 bits per heavy atom. The van der Waals surface area contributed by atoms with Gasteiger partial charge in [0.05, 0.1) is 12.8 Å². The molecule has 1 N–H and O–H groups in total. The highest BCUT2D eigenvalue weighted by molar-refractivity contribution is 5.39. The molecule has 0 amide bonds. The Balaban J connectivity index is 1.73. The Morgan fingerprint density at radius 2 is 2.25 bits per heavy atom. The van der Waals surface area contributed by atoms with Gasteiger partial charge < -0.3 is 10.1 Å². The molecule has 104 valence electrons. The van der Waals surface area contributed by atoms with Crippen LogP contribution >= 0.6 is 0 Å². The number of methoxy groups -OCH3 is 1. The summed E-state index contributed by atoms with van der Waals surface area (Å²) in [6.45, 7) is 0.816. The number of fused-ring (bicyclic) bond motifs is 1. The van der Waals surface area contributed by atoms with Crippen molar-refractivity contribution in [3.05, 3.63) is 59.4 Å². The van der Waals surface area contributed by atoms with E-state index in [1.807, 2.05) is 18.3 Å². The molecule has 1 aliphatic rings. The van der Waals surface area contributed by atoms with E-state index in [2.05, 4.69) is 34.6 Å². The largest absolute Gasteiger partial charge is 0.497 e. The van der Waals surface area contributed by atoms with E-state index in [0.29, 0.717) is 6.04 Å². The molecule has 1 unspecified atom stereocenters. The minimum atomic E-state index is 0.423. The van der Waals surface area contributed by atoms with E-state index in [4.69, 9.17) is 4.74 Å². The van der Waals surface area contributed by atoms with Crippen molar-refractivity contribution in [2.45, 2.75) is 31.8 Å². The summed E-state index contributed by atoms with van der Waals surface area (Å²) < 4.78 is 5.31. The number of ether oxygens (including phenoxy) is 1. The lowest BCUT2D eigenvalue weighted by atomic mass is 9.87. The number of rotatable bonds is 4. The molecule has 0 radical (unpaired) electrons. The fourth-order valence-corrected chi connectivity index (χ4v) is 2.86. The lowest BCUT2D eigenvalue weighted by molar-refractivity contribution is 0.410. The molecular weight excluding hydrogens is 248 g/mol. The maximum absolute atomic E-state index is 5.31. The SMILES string of the molecule is COc1ccc2c(c1)CCCC2NCc1ccccn1. The summed E-state index contributed by atoms with van der Waals surface area (Å²) in [4.78, 5) is 4.36.